The molecular weight excluding hydrogens is 370 g/mol. The summed E-state index contributed by atoms with van der Waals surface area (Å²) in [6.07, 6.45) is 5.05. The minimum atomic E-state index is -0.144. The number of rotatable bonds is 4. The minimum Gasteiger partial charge on any atom is -0.486 e. The van der Waals surface area contributed by atoms with E-state index in [-0.39, 0.29) is 23.4 Å². The van der Waals surface area contributed by atoms with Gasteiger partial charge in [-0.15, -0.1) is 0 Å². The molecule has 0 radical (unpaired) electrons. The van der Waals surface area contributed by atoms with Crippen molar-refractivity contribution in [1.82, 2.24) is 14.7 Å². The first kappa shape index (κ1) is 18.2. The van der Waals surface area contributed by atoms with Crippen molar-refractivity contribution in [2.75, 3.05) is 19.8 Å². The highest BCUT2D eigenvalue weighted by Crippen LogP contribution is 2.34. The van der Waals surface area contributed by atoms with Crippen LogP contribution in [0.2, 0.25) is 0 Å². The molecule has 7 nitrogen and oxygen atoms in total. The largest absolute Gasteiger partial charge is 0.486 e. The van der Waals surface area contributed by atoms with Gasteiger partial charge in [0.05, 0.1) is 18.3 Å². The Morgan fingerprint density at radius 2 is 1.86 bits per heavy atom. The van der Waals surface area contributed by atoms with Crippen molar-refractivity contribution in [2.45, 2.75) is 44.7 Å². The van der Waals surface area contributed by atoms with Crippen molar-refractivity contribution in [3.8, 4) is 22.8 Å². The predicted molar refractivity (Wildman–Crippen MR) is 107 cm³/mol. The fourth-order valence-electron chi connectivity index (χ4n) is 4.34. The van der Waals surface area contributed by atoms with Crippen molar-refractivity contribution < 1.29 is 14.3 Å². The summed E-state index contributed by atoms with van der Waals surface area (Å²) in [4.78, 5) is 27.2. The Hall–Kier alpha value is -2.83. The summed E-state index contributed by atoms with van der Waals surface area (Å²) < 4.78 is 12.7. The zero-order valence-electron chi connectivity index (χ0n) is 16.4. The number of amides is 1. The van der Waals surface area contributed by atoms with Crippen LogP contribution in [0, 0.1) is 5.92 Å². The van der Waals surface area contributed by atoms with Crippen LogP contribution in [0.15, 0.2) is 35.1 Å². The number of hydrogen-bond donors (Lipinski definition) is 0. The second-order valence-corrected chi connectivity index (χ2v) is 8.05. The van der Waals surface area contributed by atoms with Crippen molar-refractivity contribution in [3.05, 3.63) is 40.7 Å². The van der Waals surface area contributed by atoms with E-state index in [1.807, 2.05) is 23.1 Å². The van der Waals surface area contributed by atoms with Gasteiger partial charge in [0.15, 0.2) is 11.5 Å². The van der Waals surface area contributed by atoms with Crippen LogP contribution in [0.3, 0.4) is 0 Å². The molecule has 2 fully saturated rings. The Kier molecular flexibility index (Phi) is 4.73. The van der Waals surface area contributed by atoms with Gasteiger partial charge < -0.3 is 14.4 Å². The standard InChI is InChI=1S/C22H25N3O4/c26-21-9-7-18(16-6-8-19-20(13-16)29-12-11-28-19)23-25(21)14-17-5-2-10-24(17)22(27)15-3-1-4-15/h6-9,13,15,17H,1-5,10-12,14H2/t17-/m0/s1. The molecule has 1 amide bonds. The predicted octanol–water partition coefficient (Wildman–Crippen LogP) is 2.47. The number of nitrogens with zero attached hydrogens (tertiary/aromatic N) is 3. The summed E-state index contributed by atoms with van der Waals surface area (Å²) >= 11 is 0. The molecule has 1 saturated heterocycles. The number of benzene rings is 1. The third-order valence-electron chi connectivity index (χ3n) is 6.20. The third-order valence-corrected chi connectivity index (χ3v) is 6.20. The molecule has 3 aliphatic rings. The lowest BCUT2D eigenvalue weighted by molar-refractivity contribution is -0.139. The Balaban J connectivity index is 1.38. The molecule has 0 N–H and O–H groups in total. The zero-order chi connectivity index (χ0) is 19.8. The maximum absolute atomic E-state index is 12.7. The van der Waals surface area contributed by atoms with Crippen LogP contribution in [-0.2, 0) is 11.3 Å². The molecule has 1 saturated carbocycles. The van der Waals surface area contributed by atoms with Gasteiger partial charge in [-0.2, -0.15) is 5.10 Å². The number of carbonyl (C=O) groups excluding carboxylic acids is 1. The molecule has 2 aliphatic heterocycles. The molecule has 1 aromatic heterocycles. The number of hydrogen-bond acceptors (Lipinski definition) is 5. The first-order chi connectivity index (χ1) is 14.2. The van der Waals surface area contributed by atoms with Crippen LogP contribution in [0.25, 0.3) is 11.3 Å². The molecule has 1 aromatic carbocycles. The number of carbonyl (C=O) groups is 1. The first-order valence-corrected chi connectivity index (χ1v) is 10.5. The fraction of sp³-hybridized carbons (Fsp3) is 0.500. The Bertz CT molecular complexity index is 982. The smallest absolute Gasteiger partial charge is 0.266 e. The summed E-state index contributed by atoms with van der Waals surface area (Å²) in [5, 5.41) is 4.60. The highest BCUT2D eigenvalue weighted by molar-refractivity contribution is 5.80. The summed E-state index contributed by atoms with van der Waals surface area (Å²) in [6, 6.07) is 9.02. The molecule has 7 heteroatoms. The zero-order valence-corrected chi connectivity index (χ0v) is 16.4. The highest BCUT2D eigenvalue weighted by atomic mass is 16.6. The van der Waals surface area contributed by atoms with Crippen LogP contribution in [0.4, 0.5) is 0 Å². The highest BCUT2D eigenvalue weighted by Gasteiger charge is 2.35. The molecule has 0 bridgehead atoms. The molecule has 5 rings (SSSR count). The van der Waals surface area contributed by atoms with Crippen LogP contribution in [-0.4, -0.2) is 46.4 Å². The molecule has 152 valence electrons. The van der Waals surface area contributed by atoms with E-state index in [4.69, 9.17) is 9.47 Å². The minimum absolute atomic E-state index is 0.0452. The van der Waals surface area contributed by atoms with Gasteiger partial charge in [0, 0.05) is 24.1 Å². The van der Waals surface area contributed by atoms with Crippen molar-refractivity contribution >= 4 is 5.91 Å². The number of fused-ring (bicyclic) bond motifs is 1. The van der Waals surface area contributed by atoms with Crippen LogP contribution >= 0.6 is 0 Å². The normalized spacial score (nSPS) is 21.1. The maximum Gasteiger partial charge on any atom is 0.266 e. The van der Waals surface area contributed by atoms with E-state index in [0.717, 1.165) is 50.0 Å². The van der Waals surface area contributed by atoms with Crippen LogP contribution in [0.1, 0.15) is 32.1 Å². The van der Waals surface area contributed by atoms with Gasteiger partial charge in [-0.05, 0) is 49.9 Å². The summed E-state index contributed by atoms with van der Waals surface area (Å²) in [5.41, 5.74) is 1.43. The lowest BCUT2D eigenvalue weighted by Crippen LogP contribution is -2.44. The molecule has 1 aliphatic carbocycles. The van der Waals surface area contributed by atoms with Crippen molar-refractivity contribution in [1.29, 1.82) is 0 Å². The van der Waals surface area contributed by atoms with Gasteiger partial charge in [0.2, 0.25) is 5.91 Å². The number of ether oxygens (including phenoxy) is 2. The van der Waals surface area contributed by atoms with Gasteiger partial charge >= 0.3 is 0 Å². The molecule has 2 aromatic rings. The summed E-state index contributed by atoms with van der Waals surface area (Å²) in [6.45, 7) is 2.30. The molecule has 0 unspecified atom stereocenters. The third kappa shape index (κ3) is 3.50. The monoisotopic (exact) mass is 395 g/mol. The van der Waals surface area contributed by atoms with Crippen molar-refractivity contribution in [3.63, 3.8) is 0 Å². The van der Waals surface area contributed by atoms with E-state index in [9.17, 15) is 9.59 Å². The summed E-state index contributed by atoms with van der Waals surface area (Å²) in [5.74, 6) is 1.87. The lowest BCUT2D eigenvalue weighted by Gasteiger charge is -2.32. The van der Waals surface area contributed by atoms with Gasteiger partial charge in [-0.1, -0.05) is 6.42 Å². The lowest BCUT2D eigenvalue weighted by atomic mass is 9.84. The van der Waals surface area contributed by atoms with Gasteiger partial charge in [-0.3, -0.25) is 9.59 Å². The average molecular weight is 395 g/mol. The van der Waals surface area contributed by atoms with Gasteiger partial charge in [0.1, 0.15) is 13.2 Å². The second kappa shape index (κ2) is 7.54. The quantitative estimate of drug-likeness (QED) is 0.795. The molecule has 0 spiro atoms. The molecule has 29 heavy (non-hydrogen) atoms. The second-order valence-electron chi connectivity index (χ2n) is 8.05. The van der Waals surface area contributed by atoms with Gasteiger partial charge in [-0.25, -0.2) is 4.68 Å². The Morgan fingerprint density at radius 1 is 1.03 bits per heavy atom. The van der Waals surface area contributed by atoms with E-state index in [1.54, 1.807) is 12.1 Å². The summed E-state index contributed by atoms with van der Waals surface area (Å²) in [7, 11) is 0. The van der Waals surface area contributed by atoms with Crippen LogP contribution in [0.5, 0.6) is 11.5 Å². The first-order valence-electron chi connectivity index (χ1n) is 10.5. The van der Waals surface area contributed by atoms with E-state index in [1.165, 1.54) is 4.68 Å². The Labute approximate surface area is 169 Å². The molecule has 1 atom stereocenters. The molecular formula is C22H25N3O4. The van der Waals surface area contributed by atoms with Gasteiger partial charge in [0.25, 0.3) is 5.56 Å². The van der Waals surface area contributed by atoms with Crippen LogP contribution < -0.4 is 15.0 Å². The van der Waals surface area contributed by atoms with Crippen molar-refractivity contribution in [2.24, 2.45) is 5.92 Å². The number of likely N-dealkylation sites (tertiary alicyclic amines) is 1. The topological polar surface area (TPSA) is 73.7 Å². The number of aromatic nitrogens is 2. The van der Waals surface area contributed by atoms with E-state index in [0.29, 0.717) is 31.2 Å². The maximum atomic E-state index is 12.7. The van der Waals surface area contributed by atoms with E-state index >= 15 is 0 Å². The van der Waals surface area contributed by atoms with E-state index in [2.05, 4.69) is 5.10 Å². The average Bonchev–Trinajstić information content (AvgIpc) is 3.16. The molecule has 3 heterocycles. The van der Waals surface area contributed by atoms with E-state index < -0.39 is 0 Å². The SMILES string of the molecule is O=C(C1CCC1)N1CCC[C@H]1Cn1nc(-c2ccc3c(c2)OCCO3)ccc1=O. The fourth-order valence-corrected chi connectivity index (χ4v) is 4.34. The Morgan fingerprint density at radius 3 is 2.66 bits per heavy atom.